The van der Waals surface area contributed by atoms with E-state index < -0.39 is 29.7 Å². The summed E-state index contributed by atoms with van der Waals surface area (Å²) in [6, 6.07) is 8.90. The third-order valence-corrected chi connectivity index (χ3v) is 3.05. The van der Waals surface area contributed by atoms with Crippen LogP contribution in [0.1, 0.15) is 25.3 Å². The van der Waals surface area contributed by atoms with Crippen molar-refractivity contribution in [3.8, 4) is 0 Å². The van der Waals surface area contributed by atoms with Gasteiger partial charge in [0.25, 0.3) is 0 Å². The SMILES string of the molecule is C[C@H](c1ccccc1)[C@@H](C(=O)[O-])[C@@H](C)C(=O)[O-]. The van der Waals surface area contributed by atoms with Gasteiger partial charge in [0.2, 0.25) is 0 Å². The molecule has 4 heteroatoms. The van der Waals surface area contributed by atoms with Crippen LogP contribution in [0.3, 0.4) is 0 Å². The topological polar surface area (TPSA) is 80.3 Å². The Morgan fingerprint density at radius 3 is 1.94 bits per heavy atom. The van der Waals surface area contributed by atoms with Crippen LogP contribution in [0, 0.1) is 11.8 Å². The van der Waals surface area contributed by atoms with Crippen LogP contribution in [-0.4, -0.2) is 11.9 Å². The fourth-order valence-electron chi connectivity index (χ4n) is 1.95. The van der Waals surface area contributed by atoms with Crippen molar-refractivity contribution >= 4 is 11.9 Å². The number of carboxylic acids is 2. The molecule has 0 saturated heterocycles. The molecule has 0 aliphatic carbocycles. The van der Waals surface area contributed by atoms with Crippen molar-refractivity contribution in [2.24, 2.45) is 11.8 Å². The smallest absolute Gasteiger partial charge is 0.0457 e. The van der Waals surface area contributed by atoms with E-state index in [9.17, 15) is 19.8 Å². The Labute approximate surface area is 99.9 Å². The highest BCUT2D eigenvalue weighted by atomic mass is 16.4. The predicted octanol–water partition coefficient (Wildman–Crippen LogP) is -0.458. The van der Waals surface area contributed by atoms with Crippen LogP contribution in [0.25, 0.3) is 0 Å². The van der Waals surface area contributed by atoms with Crippen LogP contribution in [0.15, 0.2) is 30.3 Å². The molecular weight excluding hydrogens is 220 g/mol. The highest BCUT2D eigenvalue weighted by molar-refractivity contribution is 5.78. The molecule has 0 unspecified atom stereocenters. The number of carbonyl (C=O) groups is 2. The van der Waals surface area contributed by atoms with E-state index in [4.69, 9.17) is 0 Å². The lowest BCUT2D eigenvalue weighted by Crippen LogP contribution is -2.44. The summed E-state index contributed by atoms with van der Waals surface area (Å²) >= 11 is 0. The molecule has 0 saturated carbocycles. The molecule has 0 N–H and O–H groups in total. The zero-order valence-corrected chi connectivity index (χ0v) is 9.75. The van der Waals surface area contributed by atoms with Crippen LogP contribution < -0.4 is 10.2 Å². The summed E-state index contributed by atoms with van der Waals surface area (Å²) in [4.78, 5) is 21.8. The van der Waals surface area contributed by atoms with E-state index in [1.807, 2.05) is 6.07 Å². The maximum absolute atomic E-state index is 11.1. The van der Waals surface area contributed by atoms with E-state index in [2.05, 4.69) is 0 Å². The summed E-state index contributed by atoms with van der Waals surface area (Å²) in [5, 5.41) is 21.8. The molecule has 1 rings (SSSR count). The van der Waals surface area contributed by atoms with Crippen LogP contribution in [-0.2, 0) is 9.59 Å². The Hall–Kier alpha value is -1.84. The Morgan fingerprint density at radius 2 is 1.53 bits per heavy atom. The van der Waals surface area contributed by atoms with E-state index in [0.29, 0.717) is 0 Å². The van der Waals surface area contributed by atoms with Crippen molar-refractivity contribution in [1.29, 1.82) is 0 Å². The van der Waals surface area contributed by atoms with Gasteiger partial charge in [0.1, 0.15) is 0 Å². The quantitative estimate of drug-likeness (QED) is 0.690. The molecular formula is C13H14O4-2. The van der Waals surface area contributed by atoms with Gasteiger partial charge < -0.3 is 19.8 Å². The largest absolute Gasteiger partial charge is 0.550 e. The van der Waals surface area contributed by atoms with Crippen LogP contribution in [0.5, 0.6) is 0 Å². The minimum Gasteiger partial charge on any atom is -0.550 e. The Kier molecular flexibility index (Phi) is 4.26. The molecule has 1 aromatic carbocycles. The summed E-state index contributed by atoms with van der Waals surface area (Å²) < 4.78 is 0. The van der Waals surface area contributed by atoms with Crippen molar-refractivity contribution in [2.75, 3.05) is 0 Å². The first-order valence-corrected chi connectivity index (χ1v) is 5.41. The summed E-state index contributed by atoms with van der Waals surface area (Å²) in [5.41, 5.74) is 0.773. The van der Waals surface area contributed by atoms with Gasteiger partial charge in [0, 0.05) is 23.8 Å². The fraction of sp³-hybridized carbons (Fsp3) is 0.385. The Morgan fingerprint density at radius 1 is 1.00 bits per heavy atom. The summed E-state index contributed by atoms with van der Waals surface area (Å²) in [6.45, 7) is 3.00. The lowest BCUT2D eigenvalue weighted by atomic mass is 9.80. The van der Waals surface area contributed by atoms with Crippen molar-refractivity contribution < 1.29 is 19.8 Å². The van der Waals surface area contributed by atoms with Crippen LogP contribution >= 0.6 is 0 Å². The van der Waals surface area contributed by atoms with Gasteiger partial charge in [0.05, 0.1) is 0 Å². The molecule has 92 valence electrons. The Bertz CT molecular complexity index is 399. The van der Waals surface area contributed by atoms with Gasteiger partial charge in [-0.05, 0) is 11.5 Å². The maximum atomic E-state index is 11.1. The standard InChI is InChI=1S/C13H16O4/c1-8(10-6-4-3-5-7-10)11(13(16)17)9(2)12(14)15/h3-9,11H,1-2H3,(H,14,15)(H,16,17)/p-2/t8-,9-,11-/m1/s1. The summed E-state index contributed by atoms with van der Waals surface area (Å²) in [6.07, 6.45) is 0. The monoisotopic (exact) mass is 234 g/mol. The normalized spacial score (nSPS) is 15.9. The van der Waals surface area contributed by atoms with E-state index in [1.165, 1.54) is 6.92 Å². The number of hydrogen-bond donors (Lipinski definition) is 0. The molecule has 0 aliphatic rings. The number of hydrogen-bond acceptors (Lipinski definition) is 4. The van der Waals surface area contributed by atoms with Crippen molar-refractivity contribution in [2.45, 2.75) is 19.8 Å². The summed E-state index contributed by atoms with van der Waals surface area (Å²) in [7, 11) is 0. The second-order valence-corrected chi connectivity index (χ2v) is 4.15. The second kappa shape index (κ2) is 5.48. The van der Waals surface area contributed by atoms with Crippen molar-refractivity contribution in [1.82, 2.24) is 0 Å². The molecule has 4 nitrogen and oxygen atoms in total. The first-order chi connectivity index (χ1) is 7.95. The average molecular weight is 234 g/mol. The third-order valence-electron chi connectivity index (χ3n) is 3.05. The van der Waals surface area contributed by atoms with Gasteiger partial charge in [-0.25, -0.2) is 0 Å². The zero-order chi connectivity index (χ0) is 13.0. The lowest BCUT2D eigenvalue weighted by Gasteiger charge is -2.31. The zero-order valence-electron chi connectivity index (χ0n) is 9.75. The minimum absolute atomic E-state index is 0.436. The molecule has 0 spiro atoms. The molecule has 0 aliphatic heterocycles. The minimum atomic E-state index is -1.37. The molecule has 1 aromatic rings. The van der Waals surface area contributed by atoms with Gasteiger partial charge in [-0.1, -0.05) is 44.2 Å². The molecule has 0 heterocycles. The highest BCUT2D eigenvalue weighted by Crippen LogP contribution is 2.29. The predicted molar refractivity (Wildman–Crippen MR) is 57.5 cm³/mol. The van der Waals surface area contributed by atoms with Crippen LogP contribution in [0.2, 0.25) is 0 Å². The van der Waals surface area contributed by atoms with E-state index in [0.717, 1.165) is 5.56 Å². The van der Waals surface area contributed by atoms with E-state index >= 15 is 0 Å². The lowest BCUT2D eigenvalue weighted by molar-refractivity contribution is -0.326. The van der Waals surface area contributed by atoms with Crippen LogP contribution in [0.4, 0.5) is 0 Å². The van der Waals surface area contributed by atoms with E-state index in [-0.39, 0.29) is 0 Å². The Balaban J connectivity index is 3.00. The number of rotatable bonds is 5. The molecule has 0 radical (unpaired) electrons. The van der Waals surface area contributed by atoms with Crippen molar-refractivity contribution in [3.63, 3.8) is 0 Å². The number of aliphatic carboxylic acids is 2. The van der Waals surface area contributed by atoms with Gasteiger partial charge in [-0.3, -0.25) is 0 Å². The molecule has 17 heavy (non-hydrogen) atoms. The molecule has 0 aromatic heterocycles. The maximum Gasteiger partial charge on any atom is 0.0457 e. The third kappa shape index (κ3) is 3.06. The van der Waals surface area contributed by atoms with Gasteiger partial charge in [-0.2, -0.15) is 0 Å². The number of carbonyl (C=O) groups excluding carboxylic acids is 2. The highest BCUT2D eigenvalue weighted by Gasteiger charge is 2.26. The molecule has 0 amide bonds. The number of benzene rings is 1. The average Bonchev–Trinajstić information content (AvgIpc) is 2.29. The molecule has 0 bridgehead atoms. The van der Waals surface area contributed by atoms with E-state index in [1.54, 1.807) is 31.2 Å². The van der Waals surface area contributed by atoms with Gasteiger partial charge in [-0.15, -0.1) is 0 Å². The summed E-state index contributed by atoms with van der Waals surface area (Å²) in [5.74, 6) is -5.35. The molecule has 0 fully saturated rings. The fourth-order valence-corrected chi connectivity index (χ4v) is 1.95. The van der Waals surface area contributed by atoms with Gasteiger partial charge in [0.15, 0.2) is 0 Å². The van der Waals surface area contributed by atoms with Crippen molar-refractivity contribution in [3.05, 3.63) is 35.9 Å². The number of carboxylic acid groups (broad SMARTS) is 2. The molecule has 3 atom stereocenters. The first-order valence-electron chi connectivity index (χ1n) is 5.41. The first kappa shape index (κ1) is 13.2. The second-order valence-electron chi connectivity index (χ2n) is 4.15. The van der Waals surface area contributed by atoms with Gasteiger partial charge >= 0.3 is 0 Å².